The molecule has 0 saturated carbocycles. The van der Waals surface area contributed by atoms with E-state index in [0.29, 0.717) is 17.2 Å². The highest BCUT2D eigenvalue weighted by atomic mass is 32.2. The van der Waals surface area contributed by atoms with Gasteiger partial charge in [0.25, 0.3) is 10.0 Å². The second-order valence-corrected chi connectivity index (χ2v) is 7.72. The van der Waals surface area contributed by atoms with E-state index in [0.717, 1.165) is 16.7 Å². The number of fused-ring (bicyclic) bond motifs is 1. The molecule has 1 heterocycles. The van der Waals surface area contributed by atoms with Crippen molar-refractivity contribution in [3.63, 3.8) is 0 Å². The summed E-state index contributed by atoms with van der Waals surface area (Å²) in [5.74, 6) is 1.12. The van der Waals surface area contributed by atoms with Crippen molar-refractivity contribution >= 4 is 15.7 Å². The zero-order valence-corrected chi connectivity index (χ0v) is 14.9. The van der Waals surface area contributed by atoms with Gasteiger partial charge in [-0.15, -0.1) is 0 Å². The third kappa shape index (κ3) is 3.11. The third-order valence-electron chi connectivity index (χ3n) is 4.14. The van der Waals surface area contributed by atoms with Gasteiger partial charge in [-0.3, -0.25) is 4.72 Å². The molecule has 0 amide bonds. The summed E-state index contributed by atoms with van der Waals surface area (Å²) in [5, 5.41) is 0. The maximum Gasteiger partial charge on any atom is 0.261 e. The number of anilines is 1. The number of benzene rings is 3. The fraction of sp³-hybridized carbons (Fsp3) is 0.100. The average Bonchev–Trinajstić information content (AvgIpc) is 3.09. The maximum atomic E-state index is 12.8. The van der Waals surface area contributed by atoms with E-state index in [1.807, 2.05) is 31.2 Å². The van der Waals surface area contributed by atoms with Crippen molar-refractivity contribution in [1.29, 1.82) is 0 Å². The lowest BCUT2D eigenvalue weighted by Gasteiger charge is -2.14. The first-order valence-electron chi connectivity index (χ1n) is 8.11. The molecular formula is C20H17NO4S. The fourth-order valence-electron chi connectivity index (χ4n) is 2.88. The molecule has 0 atom stereocenters. The molecule has 1 N–H and O–H groups in total. The number of ether oxygens (including phenoxy) is 2. The summed E-state index contributed by atoms with van der Waals surface area (Å²) in [6.07, 6.45) is 0. The average molecular weight is 367 g/mol. The Morgan fingerprint density at radius 3 is 2.35 bits per heavy atom. The zero-order valence-electron chi connectivity index (χ0n) is 14.1. The fourth-order valence-corrected chi connectivity index (χ4v) is 3.97. The number of sulfonamides is 1. The lowest BCUT2D eigenvalue weighted by Crippen LogP contribution is -2.13. The normalized spacial score (nSPS) is 12.8. The largest absolute Gasteiger partial charge is 0.454 e. The van der Waals surface area contributed by atoms with Gasteiger partial charge in [-0.2, -0.15) is 0 Å². The summed E-state index contributed by atoms with van der Waals surface area (Å²) < 4.78 is 39.1. The molecule has 0 saturated heterocycles. The minimum atomic E-state index is -3.72. The predicted octanol–water partition coefficient (Wildman–Crippen LogP) is 4.19. The van der Waals surface area contributed by atoms with Crippen LogP contribution in [0, 0.1) is 6.92 Å². The Kier molecular flexibility index (Phi) is 4.05. The first-order valence-corrected chi connectivity index (χ1v) is 9.60. The van der Waals surface area contributed by atoms with Crippen molar-refractivity contribution in [2.24, 2.45) is 0 Å². The number of nitrogens with one attached hydrogen (secondary N) is 1. The topological polar surface area (TPSA) is 64.6 Å². The van der Waals surface area contributed by atoms with Crippen LogP contribution in [0.25, 0.3) is 11.1 Å². The van der Waals surface area contributed by atoms with Crippen LogP contribution in [0.5, 0.6) is 11.5 Å². The van der Waals surface area contributed by atoms with E-state index in [1.54, 1.807) is 42.5 Å². The summed E-state index contributed by atoms with van der Waals surface area (Å²) in [5.41, 5.74) is 3.16. The van der Waals surface area contributed by atoms with E-state index in [4.69, 9.17) is 9.47 Å². The first kappa shape index (κ1) is 16.5. The molecule has 1 aliphatic rings. The molecule has 0 aliphatic carbocycles. The van der Waals surface area contributed by atoms with Gasteiger partial charge in [0.15, 0.2) is 11.5 Å². The van der Waals surface area contributed by atoms with Crippen molar-refractivity contribution < 1.29 is 17.9 Å². The van der Waals surface area contributed by atoms with Crippen molar-refractivity contribution in [3.8, 4) is 22.6 Å². The molecule has 0 fully saturated rings. The summed E-state index contributed by atoms with van der Waals surface area (Å²) >= 11 is 0. The van der Waals surface area contributed by atoms with E-state index < -0.39 is 10.0 Å². The van der Waals surface area contributed by atoms with Crippen molar-refractivity contribution in [2.75, 3.05) is 11.5 Å². The number of aryl methyl sites for hydroxylation is 1. The van der Waals surface area contributed by atoms with Crippen molar-refractivity contribution in [3.05, 3.63) is 72.3 Å². The molecule has 4 rings (SSSR count). The summed E-state index contributed by atoms with van der Waals surface area (Å²) in [4.78, 5) is 0.202. The molecule has 3 aromatic carbocycles. The van der Waals surface area contributed by atoms with Crippen LogP contribution in [-0.2, 0) is 10.0 Å². The van der Waals surface area contributed by atoms with E-state index in [9.17, 15) is 8.42 Å². The van der Waals surface area contributed by atoms with Crippen LogP contribution in [0.4, 0.5) is 5.69 Å². The molecule has 5 nitrogen and oxygen atoms in total. The Morgan fingerprint density at radius 2 is 1.62 bits per heavy atom. The van der Waals surface area contributed by atoms with Crippen LogP contribution in [0.2, 0.25) is 0 Å². The van der Waals surface area contributed by atoms with Gasteiger partial charge in [-0.1, -0.05) is 48.0 Å². The van der Waals surface area contributed by atoms with Crippen molar-refractivity contribution in [1.82, 2.24) is 0 Å². The smallest absolute Gasteiger partial charge is 0.261 e. The highest BCUT2D eigenvalue weighted by molar-refractivity contribution is 7.92. The van der Waals surface area contributed by atoms with Crippen molar-refractivity contribution in [2.45, 2.75) is 11.8 Å². The molecule has 132 valence electrons. The molecule has 0 radical (unpaired) electrons. The summed E-state index contributed by atoms with van der Waals surface area (Å²) in [7, 11) is -3.72. The molecule has 0 unspecified atom stereocenters. The Balaban J connectivity index is 1.83. The Morgan fingerprint density at radius 1 is 0.885 bits per heavy atom. The first-order chi connectivity index (χ1) is 12.5. The van der Waals surface area contributed by atoms with Gasteiger partial charge >= 0.3 is 0 Å². The van der Waals surface area contributed by atoms with E-state index in [-0.39, 0.29) is 11.7 Å². The monoisotopic (exact) mass is 367 g/mol. The standard InChI is InChI=1S/C20H17NO4S/c1-14-6-5-7-15(10-14)17-11-19-20(25-13-24-19)12-18(17)21-26(22,23)16-8-3-2-4-9-16/h2-12,21H,13H2,1H3. The van der Waals surface area contributed by atoms with Gasteiger partial charge < -0.3 is 9.47 Å². The van der Waals surface area contributed by atoms with Crippen LogP contribution in [0.15, 0.2) is 71.6 Å². The van der Waals surface area contributed by atoms with Gasteiger partial charge in [0.2, 0.25) is 6.79 Å². The summed E-state index contributed by atoms with van der Waals surface area (Å²) in [6, 6.07) is 19.6. The zero-order chi connectivity index (χ0) is 18.1. The van der Waals surface area contributed by atoms with E-state index in [2.05, 4.69) is 4.72 Å². The molecule has 0 spiro atoms. The van der Waals surface area contributed by atoms with Gasteiger partial charge in [-0.05, 0) is 30.7 Å². The Bertz CT molecular complexity index is 1060. The molecule has 1 aliphatic heterocycles. The third-order valence-corrected chi connectivity index (χ3v) is 5.52. The van der Waals surface area contributed by atoms with Crippen LogP contribution >= 0.6 is 0 Å². The quantitative estimate of drug-likeness (QED) is 0.751. The lowest BCUT2D eigenvalue weighted by atomic mass is 10.0. The Labute approximate surface area is 152 Å². The molecule has 0 aromatic heterocycles. The lowest BCUT2D eigenvalue weighted by molar-refractivity contribution is 0.174. The predicted molar refractivity (Wildman–Crippen MR) is 100.0 cm³/mol. The van der Waals surface area contributed by atoms with Gasteiger partial charge in [0, 0.05) is 11.6 Å². The minimum absolute atomic E-state index is 0.122. The van der Waals surface area contributed by atoms with E-state index >= 15 is 0 Å². The van der Waals surface area contributed by atoms with Crippen LogP contribution in [-0.4, -0.2) is 15.2 Å². The highest BCUT2D eigenvalue weighted by Gasteiger charge is 2.22. The highest BCUT2D eigenvalue weighted by Crippen LogP contribution is 2.42. The van der Waals surface area contributed by atoms with Crippen LogP contribution in [0.3, 0.4) is 0 Å². The second-order valence-electron chi connectivity index (χ2n) is 6.04. The second kappa shape index (κ2) is 6.38. The maximum absolute atomic E-state index is 12.8. The van der Waals surface area contributed by atoms with Gasteiger partial charge in [-0.25, -0.2) is 8.42 Å². The Hall–Kier alpha value is -2.99. The number of rotatable bonds is 4. The van der Waals surface area contributed by atoms with E-state index in [1.165, 1.54) is 0 Å². The SMILES string of the molecule is Cc1cccc(-c2cc3c(cc2NS(=O)(=O)c2ccccc2)OCO3)c1. The number of hydrogen-bond acceptors (Lipinski definition) is 4. The molecular weight excluding hydrogens is 350 g/mol. The minimum Gasteiger partial charge on any atom is -0.454 e. The molecule has 0 bridgehead atoms. The summed E-state index contributed by atoms with van der Waals surface area (Å²) in [6.45, 7) is 2.11. The van der Waals surface area contributed by atoms with Crippen LogP contribution in [0.1, 0.15) is 5.56 Å². The molecule has 6 heteroatoms. The number of hydrogen-bond donors (Lipinski definition) is 1. The molecule has 26 heavy (non-hydrogen) atoms. The van der Waals surface area contributed by atoms with Gasteiger partial charge in [0.05, 0.1) is 10.6 Å². The molecule has 3 aromatic rings. The van der Waals surface area contributed by atoms with Gasteiger partial charge in [0.1, 0.15) is 0 Å². The van der Waals surface area contributed by atoms with Crippen LogP contribution < -0.4 is 14.2 Å².